The Bertz CT molecular complexity index is 529. The third kappa shape index (κ3) is 1.67. The fourth-order valence-corrected chi connectivity index (χ4v) is 3.41. The number of carbonyl (C=O) groups excluding carboxylic acids is 1. The van der Waals surface area contributed by atoms with Crippen LogP contribution in [0.15, 0.2) is 36.9 Å². The number of hydrogen-bond acceptors (Lipinski definition) is 4. The lowest BCUT2D eigenvalue weighted by atomic mass is 9.75. The van der Waals surface area contributed by atoms with Gasteiger partial charge in [-0.3, -0.25) is 10.1 Å². The second kappa shape index (κ2) is 4.38. The Labute approximate surface area is 112 Å². The molecule has 0 aliphatic carbocycles. The summed E-state index contributed by atoms with van der Waals surface area (Å²) in [6, 6.07) is 8.02. The average Bonchev–Trinajstić information content (AvgIpc) is 2.91. The highest BCUT2D eigenvalue weighted by Crippen LogP contribution is 2.49. The number of rotatable bonds is 3. The van der Waals surface area contributed by atoms with E-state index >= 15 is 0 Å². The van der Waals surface area contributed by atoms with Crippen molar-refractivity contribution >= 4 is 11.7 Å². The van der Waals surface area contributed by atoms with E-state index in [4.69, 9.17) is 4.74 Å². The molecule has 2 aliphatic rings. The van der Waals surface area contributed by atoms with Gasteiger partial charge in [0.2, 0.25) is 0 Å². The molecular formula is C15H18N2O2. The second-order valence-electron chi connectivity index (χ2n) is 5.22. The van der Waals surface area contributed by atoms with Gasteiger partial charge in [0.1, 0.15) is 6.04 Å². The zero-order chi connectivity index (χ0) is 13.5. The summed E-state index contributed by atoms with van der Waals surface area (Å²) in [6.07, 6.45) is 3.56. The van der Waals surface area contributed by atoms with Gasteiger partial charge in [0, 0.05) is 11.1 Å². The molecule has 0 spiro atoms. The van der Waals surface area contributed by atoms with E-state index in [1.165, 1.54) is 12.7 Å². The molecule has 0 saturated carbocycles. The van der Waals surface area contributed by atoms with Crippen LogP contribution in [0.2, 0.25) is 0 Å². The Morgan fingerprint density at radius 2 is 2.37 bits per heavy atom. The summed E-state index contributed by atoms with van der Waals surface area (Å²) in [6.45, 7) is 3.87. The topological polar surface area (TPSA) is 50.4 Å². The molecular weight excluding hydrogens is 240 g/mol. The van der Waals surface area contributed by atoms with E-state index in [2.05, 4.69) is 29.3 Å². The summed E-state index contributed by atoms with van der Waals surface area (Å²) in [5, 5.41) is 6.81. The molecule has 4 nitrogen and oxygen atoms in total. The third-order valence-electron chi connectivity index (χ3n) is 4.25. The fourth-order valence-electron chi connectivity index (χ4n) is 3.41. The first kappa shape index (κ1) is 12.2. The van der Waals surface area contributed by atoms with Gasteiger partial charge >= 0.3 is 5.97 Å². The van der Waals surface area contributed by atoms with Gasteiger partial charge in [-0.2, -0.15) is 0 Å². The standard InChI is InChI=1S/C15H18N2O2/c1-3-8-15-9-12(13(18)19-2)17-14(15)16-11-7-5-4-6-10(11)15/h3-7,12,14,16-17H,1,8-9H2,2H3/t12-,14?,15?/m0/s1. The molecule has 4 heteroatoms. The molecule has 2 N–H and O–H groups in total. The van der Waals surface area contributed by atoms with Crippen molar-refractivity contribution in [1.29, 1.82) is 0 Å². The van der Waals surface area contributed by atoms with E-state index in [0.29, 0.717) is 0 Å². The van der Waals surface area contributed by atoms with Crippen LogP contribution in [0.5, 0.6) is 0 Å². The Hall–Kier alpha value is -1.81. The van der Waals surface area contributed by atoms with Crippen molar-refractivity contribution < 1.29 is 9.53 Å². The summed E-state index contributed by atoms with van der Waals surface area (Å²) in [5.41, 5.74) is 2.31. The predicted octanol–water partition coefficient (Wildman–Crippen LogP) is 1.79. The molecule has 2 aliphatic heterocycles. The quantitative estimate of drug-likeness (QED) is 0.641. The minimum Gasteiger partial charge on any atom is -0.468 e. The summed E-state index contributed by atoms with van der Waals surface area (Å²) < 4.78 is 4.86. The van der Waals surface area contributed by atoms with Crippen LogP contribution < -0.4 is 10.6 Å². The van der Waals surface area contributed by atoms with Crippen LogP contribution >= 0.6 is 0 Å². The number of methoxy groups -OCH3 is 1. The van der Waals surface area contributed by atoms with Crippen molar-refractivity contribution in [2.75, 3.05) is 12.4 Å². The SMILES string of the molecule is C=CCC12C[C@@H](C(=O)OC)NC1Nc1ccccc12. The lowest BCUT2D eigenvalue weighted by Crippen LogP contribution is -2.42. The molecule has 0 bridgehead atoms. The maximum atomic E-state index is 11.8. The predicted molar refractivity (Wildman–Crippen MR) is 73.9 cm³/mol. The molecule has 1 fully saturated rings. The second-order valence-corrected chi connectivity index (χ2v) is 5.22. The van der Waals surface area contributed by atoms with Gasteiger partial charge in [0.15, 0.2) is 0 Å². The first-order valence-electron chi connectivity index (χ1n) is 6.52. The first-order valence-corrected chi connectivity index (χ1v) is 6.52. The zero-order valence-electron chi connectivity index (χ0n) is 11.0. The number of ether oxygens (including phenoxy) is 1. The van der Waals surface area contributed by atoms with E-state index < -0.39 is 0 Å². The molecule has 0 radical (unpaired) electrons. The van der Waals surface area contributed by atoms with Crippen LogP contribution in [-0.4, -0.2) is 25.3 Å². The van der Waals surface area contributed by atoms with Crippen LogP contribution in [0.1, 0.15) is 18.4 Å². The number of benzene rings is 1. The molecule has 100 valence electrons. The van der Waals surface area contributed by atoms with Crippen molar-refractivity contribution in [1.82, 2.24) is 5.32 Å². The van der Waals surface area contributed by atoms with E-state index in [0.717, 1.165) is 18.5 Å². The van der Waals surface area contributed by atoms with Gasteiger partial charge < -0.3 is 10.1 Å². The van der Waals surface area contributed by atoms with Gasteiger partial charge in [-0.1, -0.05) is 24.3 Å². The number of nitrogens with one attached hydrogen (secondary N) is 2. The van der Waals surface area contributed by atoms with Crippen LogP contribution in [0.3, 0.4) is 0 Å². The minimum atomic E-state index is -0.254. The largest absolute Gasteiger partial charge is 0.468 e. The maximum absolute atomic E-state index is 11.8. The highest BCUT2D eigenvalue weighted by atomic mass is 16.5. The van der Waals surface area contributed by atoms with E-state index in [9.17, 15) is 4.79 Å². The van der Waals surface area contributed by atoms with Crippen LogP contribution in [0.4, 0.5) is 5.69 Å². The van der Waals surface area contributed by atoms with Crippen LogP contribution in [0, 0.1) is 0 Å². The molecule has 0 aromatic heterocycles. The maximum Gasteiger partial charge on any atom is 0.322 e. The summed E-state index contributed by atoms with van der Waals surface area (Å²) in [7, 11) is 1.43. The summed E-state index contributed by atoms with van der Waals surface area (Å²) in [4.78, 5) is 11.8. The molecule has 3 rings (SSSR count). The Kier molecular flexibility index (Phi) is 2.82. The minimum absolute atomic E-state index is 0.0620. The van der Waals surface area contributed by atoms with Crippen molar-refractivity contribution in [2.45, 2.75) is 30.5 Å². The number of carbonyl (C=O) groups is 1. The van der Waals surface area contributed by atoms with Gasteiger partial charge in [0.25, 0.3) is 0 Å². The number of anilines is 1. The van der Waals surface area contributed by atoms with E-state index in [1.807, 2.05) is 18.2 Å². The Balaban J connectivity index is 2.00. The zero-order valence-corrected chi connectivity index (χ0v) is 11.0. The molecule has 1 aromatic carbocycles. The average molecular weight is 258 g/mol. The number of para-hydroxylation sites is 1. The van der Waals surface area contributed by atoms with Crippen molar-refractivity contribution in [3.8, 4) is 0 Å². The molecule has 2 heterocycles. The molecule has 1 aromatic rings. The lowest BCUT2D eigenvalue weighted by Gasteiger charge is -2.27. The van der Waals surface area contributed by atoms with Gasteiger partial charge in [0.05, 0.1) is 13.3 Å². The van der Waals surface area contributed by atoms with Gasteiger partial charge in [-0.25, -0.2) is 0 Å². The van der Waals surface area contributed by atoms with Crippen molar-refractivity contribution in [3.63, 3.8) is 0 Å². The van der Waals surface area contributed by atoms with E-state index in [1.54, 1.807) is 0 Å². The number of esters is 1. The van der Waals surface area contributed by atoms with Crippen molar-refractivity contribution in [2.24, 2.45) is 0 Å². The van der Waals surface area contributed by atoms with Gasteiger partial charge in [-0.05, 0) is 24.5 Å². The number of allylic oxidation sites excluding steroid dienone is 1. The van der Waals surface area contributed by atoms with Crippen LogP contribution in [0.25, 0.3) is 0 Å². The third-order valence-corrected chi connectivity index (χ3v) is 4.25. The fraction of sp³-hybridized carbons (Fsp3) is 0.400. The van der Waals surface area contributed by atoms with E-state index in [-0.39, 0.29) is 23.6 Å². The first-order chi connectivity index (χ1) is 9.21. The van der Waals surface area contributed by atoms with Gasteiger partial charge in [-0.15, -0.1) is 6.58 Å². The summed E-state index contributed by atoms with van der Waals surface area (Å²) >= 11 is 0. The number of fused-ring (bicyclic) bond motifs is 3. The lowest BCUT2D eigenvalue weighted by molar-refractivity contribution is -0.142. The number of hydrogen-bond donors (Lipinski definition) is 2. The molecule has 3 atom stereocenters. The normalized spacial score (nSPS) is 31.2. The van der Waals surface area contributed by atoms with Crippen LogP contribution in [-0.2, 0) is 14.9 Å². The highest BCUT2D eigenvalue weighted by Gasteiger charge is 2.54. The Morgan fingerprint density at radius 1 is 1.58 bits per heavy atom. The monoisotopic (exact) mass is 258 g/mol. The molecule has 2 unspecified atom stereocenters. The summed E-state index contributed by atoms with van der Waals surface area (Å²) in [5.74, 6) is -0.197. The van der Waals surface area contributed by atoms with Crippen molar-refractivity contribution in [3.05, 3.63) is 42.5 Å². The molecule has 0 amide bonds. The highest BCUT2D eigenvalue weighted by molar-refractivity contribution is 5.78. The Morgan fingerprint density at radius 3 is 3.11 bits per heavy atom. The molecule has 1 saturated heterocycles. The smallest absolute Gasteiger partial charge is 0.322 e. The molecule has 19 heavy (non-hydrogen) atoms.